The van der Waals surface area contributed by atoms with E-state index >= 15 is 0 Å². The average molecular weight is 195 g/mol. The second-order valence-corrected chi connectivity index (χ2v) is 3.47. The summed E-state index contributed by atoms with van der Waals surface area (Å²) in [6, 6.07) is 16.4. The van der Waals surface area contributed by atoms with E-state index in [9.17, 15) is 0 Å². The molecule has 0 aromatic heterocycles. The highest BCUT2D eigenvalue weighted by Crippen LogP contribution is 2.29. The quantitative estimate of drug-likeness (QED) is 0.642. The number of hydrogen-bond donors (Lipinski definition) is 0. The van der Waals surface area contributed by atoms with Gasteiger partial charge in [0.05, 0.1) is 5.69 Å². The van der Waals surface area contributed by atoms with Gasteiger partial charge in [0.15, 0.2) is 0 Å². The number of benzene rings is 2. The van der Waals surface area contributed by atoms with Gasteiger partial charge in [-0.15, -0.1) is 0 Å². The molecule has 2 aromatic rings. The Balaban J connectivity index is 2.59. The summed E-state index contributed by atoms with van der Waals surface area (Å²) in [6.07, 6.45) is 0. The van der Waals surface area contributed by atoms with Crippen LogP contribution in [-0.4, -0.2) is 6.72 Å². The van der Waals surface area contributed by atoms with Crippen LogP contribution in [0.3, 0.4) is 0 Å². The van der Waals surface area contributed by atoms with E-state index in [0.717, 1.165) is 5.69 Å². The summed E-state index contributed by atoms with van der Waals surface area (Å²) >= 11 is 0. The van der Waals surface area contributed by atoms with Crippen molar-refractivity contribution in [2.24, 2.45) is 4.99 Å². The van der Waals surface area contributed by atoms with Gasteiger partial charge in [-0.2, -0.15) is 0 Å². The molecule has 0 N–H and O–H groups in total. The van der Waals surface area contributed by atoms with Crippen LogP contribution in [0.5, 0.6) is 0 Å². The Morgan fingerprint density at radius 1 is 0.933 bits per heavy atom. The lowest BCUT2D eigenvalue weighted by Crippen LogP contribution is -1.82. The summed E-state index contributed by atoms with van der Waals surface area (Å²) in [6.45, 7) is 5.65. The van der Waals surface area contributed by atoms with Crippen molar-refractivity contribution in [1.29, 1.82) is 0 Å². The van der Waals surface area contributed by atoms with Crippen LogP contribution in [0, 0.1) is 6.92 Å². The molecule has 0 atom stereocenters. The number of rotatable bonds is 2. The maximum absolute atomic E-state index is 4.01. The van der Waals surface area contributed by atoms with E-state index in [1.165, 1.54) is 16.7 Å². The molecule has 2 rings (SSSR count). The minimum absolute atomic E-state index is 0.955. The van der Waals surface area contributed by atoms with Crippen molar-refractivity contribution in [1.82, 2.24) is 0 Å². The molecular formula is C14H13N. The van der Waals surface area contributed by atoms with Crippen LogP contribution < -0.4 is 0 Å². The van der Waals surface area contributed by atoms with Crippen molar-refractivity contribution < 1.29 is 0 Å². The van der Waals surface area contributed by atoms with Crippen molar-refractivity contribution in [3.8, 4) is 11.1 Å². The van der Waals surface area contributed by atoms with Crippen LogP contribution in [0.15, 0.2) is 53.5 Å². The van der Waals surface area contributed by atoms with Gasteiger partial charge in [0.2, 0.25) is 0 Å². The third-order valence-corrected chi connectivity index (χ3v) is 2.56. The number of aliphatic imine (C=N–C) groups is 1. The standard InChI is InChI=1S/C14H13N/c1-11-13(9-6-10-14(11)15-2)12-7-4-3-5-8-12/h3-10H,2H2,1H3. The van der Waals surface area contributed by atoms with Crippen molar-refractivity contribution in [2.75, 3.05) is 0 Å². The van der Waals surface area contributed by atoms with Crippen LogP contribution in [-0.2, 0) is 0 Å². The Bertz CT molecular complexity index is 472. The second-order valence-electron chi connectivity index (χ2n) is 3.47. The van der Waals surface area contributed by atoms with Gasteiger partial charge < -0.3 is 0 Å². The molecule has 1 nitrogen and oxygen atoms in total. The predicted octanol–water partition coefficient (Wildman–Crippen LogP) is 3.99. The highest BCUT2D eigenvalue weighted by Gasteiger charge is 2.03. The lowest BCUT2D eigenvalue weighted by molar-refractivity contribution is 1.41. The lowest BCUT2D eigenvalue weighted by atomic mass is 9.99. The maximum Gasteiger partial charge on any atom is 0.0657 e. The zero-order valence-electron chi connectivity index (χ0n) is 8.77. The van der Waals surface area contributed by atoms with E-state index in [1.54, 1.807) is 0 Å². The Hall–Kier alpha value is -1.89. The minimum Gasteiger partial charge on any atom is -0.264 e. The molecule has 74 valence electrons. The van der Waals surface area contributed by atoms with E-state index in [4.69, 9.17) is 0 Å². The van der Waals surface area contributed by atoms with Gasteiger partial charge in [0.1, 0.15) is 0 Å². The molecule has 1 heteroatoms. The van der Waals surface area contributed by atoms with E-state index in [2.05, 4.69) is 36.8 Å². The van der Waals surface area contributed by atoms with Gasteiger partial charge >= 0.3 is 0 Å². The Kier molecular flexibility index (Phi) is 2.64. The molecule has 0 fully saturated rings. The number of hydrogen-bond acceptors (Lipinski definition) is 1. The molecule has 0 aliphatic rings. The smallest absolute Gasteiger partial charge is 0.0657 e. The van der Waals surface area contributed by atoms with Crippen LogP contribution in [0.4, 0.5) is 5.69 Å². The van der Waals surface area contributed by atoms with Crippen LogP contribution in [0.25, 0.3) is 11.1 Å². The van der Waals surface area contributed by atoms with E-state index < -0.39 is 0 Å². The predicted molar refractivity (Wildman–Crippen MR) is 65.8 cm³/mol. The van der Waals surface area contributed by atoms with Gasteiger partial charge in [-0.3, -0.25) is 4.99 Å². The van der Waals surface area contributed by atoms with Gasteiger partial charge in [0, 0.05) is 0 Å². The largest absolute Gasteiger partial charge is 0.264 e. The van der Waals surface area contributed by atoms with Gasteiger partial charge in [-0.1, -0.05) is 42.5 Å². The fraction of sp³-hybridized carbons (Fsp3) is 0.0714. The first-order chi connectivity index (χ1) is 7.33. The topological polar surface area (TPSA) is 12.4 Å². The van der Waals surface area contributed by atoms with Crippen LogP contribution in [0.1, 0.15) is 5.56 Å². The second kappa shape index (κ2) is 4.09. The molecule has 2 aromatic carbocycles. The molecule has 0 unspecified atom stereocenters. The molecule has 0 bridgehead atoms. The lowest BCUT2D eigenvalue weighted by Gasteiger charge is -2.07. The first-order valence-corrected chi connectivity index (χ1v) is 4.94. The molecule has 0 amide bonds. The molecule has 0 radical (unpaired) electrons. The van der Waals surface area contributed by atoms with Crippen molar-refractivity contribution >= 4 is 12.4 Å². The van der Waals surface area contributed by atoms with Gasteiger partial charge in [0.25, 0.3) is 0 Å². The van der Waals surface area contributed by atoms with Crippen molar-refractivity contribution in [2.45, 2.75) is 6.92 Å². The third-order valence-electron chi connectivity index (χ3n) is 2.56. The summed E-state index contributed by atoms with van der Waals surface area (Å²) < 4.78 is 0. The third kappa shape index (κ3) is 1.82. The first kappa shape index (κ1) is 9.66. The summed E-state index contributed by atoms with van der Waals surface area (Å²) in [5, 5.41) is 0. The monoisotopic (exact) mass is 195 g/mol. The maximum atomic E-state index is 4.01. The molecule has 0 saturated carbocycles. The molecule has 15 heavy (non-hydrogen) atoms. The van der Waals surface area contributed by atoms with E-state index in [1.807, 2.05) is 30.3 Å². The van der Waals surface area contributed by atoms with Crippen LogP contribution in [0.2, 0.25) is 0 Å². The average Bonchev–Trinajstić information content (AvgIpc) is 2.30. The zero-order chi connectivity index (χ0) is 10.7. The fourth-order valence-corrected chi connectivity index (χ4v) is 1.73. The molecular weight excluding hydrogens is 182 g/mol. The van der Waals surface area contributed by atoms with Crippen LogP contribution >= 0.6 is 0 Å². The summed E-state index contributed by atoms with van der Waals surface area (Å²) in [7, 11) is 0. The normalized spacial score (nSPS) is 9.93. The molecule has 0 saturated heterocycles. The minimum atomic E-state index is 0.955. The zero-order valence-corrected chi connectivity index (χ0v) is 8.77. The molecule has 0 heterocycles. The van der Waals surface area contributed by atoms with E-state index in [-0.39, 0.29) is 0 Å². The summed E-state index contributed by atoms with van der Waals surface area (Å²) in [5.41, 5.74) is 4.58. The summed E-state index contributed by atoms with van der Waals surface area (Å²) in [4.78, 5) is 4.01. The molecule has 0 aliphatic heterocycles. The first-order valence-electron chi connectivity index (χ1n) is 4.94. The molecule has 0 aliphatic carbocycles. The Morgan fingerprint density at radius 2 is 1.67 bits per heavy atom. The Morgan fingerprint density at radius 3 is 2.33 bits per heavy atom. The van der Waals surface area contributed by atoms with Crippen molar-refractivity contribution in [3.63, 3.8) is 0 Å². The highest BCUT2D eigenvalue weighted by molar-refractivity contribution is 5.72. The van der Waals surface area contributed by atoms with Gasteiger partial charge in [-0.25, -0.2) is 0 Å². The van der Waals surface area contributed by atoms with E-state index in [0.29, 0.717) is 0 Å². The summed E-state index contributed by atoms with van der Waals surface area (Å²) in [5.74, 6) is 0. The number of nitrogens with zero attached hydrogens (tertiary/aromatic N) is 1. The Labute approximate surface area is 90.1 Å². The van der Waals surface area contributed by atoms with Gasteiger partial charge in [-0.05, 0) is 36.4 Å². The molecule has 0 spiro atoms. The van der Waals surface area contributed by atoms with Crippen molar-refractivity contribution in [3.05, 3.63) is 54.1 Å². The SMILES string of the molecule is C=Nc1cccc(-c2ccccc2)c1C. The highest BCUT2D eigenvalue weighted by atomic mass is 14.7. The fourth-order valence-electron chi connectivity index (χ4n) is 1.73.